The summed E-state index contributed by atoms with van der Waals surface area (Å²) in [6.45, 7) is 3.93. The Balaban J connectivity index is 1.67. The number of rotatable bonds is 7. The number of hydrogen-bond donors (Lipinski definition) is 0. The number of carbonyl (C=O) groups is 1. The highest BCUT2D eigenvalue weighted by atomic mass is 32.2. The lowest BCUT2D eigenvalue weighted by Crippen LogP contribution is -2.47. The van der Waals surface area contributed by atoms with Crippen molar-refractivity contribution in [2.24, 2.45) is 0 Å². The van der Waals surface area contributed by atoms with Crippen molar-refractivity contribution in [1.29, 1.82) is 0 Å². The Morgan fingerprint density at radius 2 is 1.88 bits per heavy atom. The second-order valence-corrected chi connectivity index (χ2v) is 11.5. The Morgan fingerprint density at radius 1 is 1.18 bits per heavy atom. The van der Waals surface area contributed by atoms with E-state index in [2.05, 4.69) is 4.98 Å². The third-order valence-corrected chi connectivity index (χ3v) is 8.71. The first-order valence-corrected chi connectivity index (χ1v) is 13.8. The van der Waals surface area contributed by atoms with Crippen LogP contribution >= 0.6 is 11.8 Å². The first-order chi connectivity index (χ1) is 15.8. The highest BCUT2D eigenvalue weighted by Gasteiger charge is 2.36. The summed E-state index contributed by atoms with van der Waals surface area (Å²) >= 11 is 1.21. The maximum Gasteiger partial charge on any atom is 0.266 e. The zero-order valence-corrected chi connectivity index (χ0v) is 20.3. The van der Waals surface area contributed by atoms with Crippen LogP contribution in [0.15, 0.2) is 64.5 Å². The quantitative estimate of drug-likeness (QED) is 0.377. The van der Waals surface area contributed by atoms with Gasteiger partial charge in [-0.3, -0.25) is 14.2 Å². The topological polar surface area (TPSA) is 89.3 Å². The van der Waals surface area contributed by atoms with Gasteiger partial charge in [-0.1, -0.05) is 49.0 Å². The highest BCUT2D eigenvalue weighted by Crippen LogP contribution is 2.25. The molecule has 0 aliphatic carbocycles. The summed E-state index contributed by atoms with van der Waals surface area (Å²) in [6, 6.07) is 16.0. The van der Waals surface area contributed by atoms with Crippen LogP contribution in [0.3, 0.4) is 0 Å². The summed E-state index contributed by atoms with van der Waals surface area (Å²) in [7, 11) is -3.11. The van der Waals surface area contributed by atoms with E-state index in [1.54, 1.807) is 23.1 Å². The number of thioether (sulfide) groups is 1. The Bertz CT molecular complexity index is 1320. The van der Waals surface area contributed by atoms with E-state index in [1.165, 1.54) is 16.3 Å². The Labute approximate surface area is 197 Å². The van der Waals surface area contributed by atoms with Gasteiger partial charge in [-0.05, 0) is 44.0 Å². The van der Waals surface area contributed by atoms with E-state index in [9.17, 15) is 18.0 Å². The molecule has 0 N–H and O–H groups in total. The number of sulfone groups is 1. The molecular formula is C24H27N3O4S2. The Hall–Kier alpha value is -2.65. The van der Waals surface area contributed by atoms with Crippen molar-refractivity contribution < 1.29 is 13.2 Å². The molecule has 1 saturated heterocycles. The van der Waals surface area contributed by atoms with Gasteiger partial charge in [-0.15, -0.1) is 0 Å². The highest BCUT2D eigenvalue weighted by molar-refractivity contribution is 7.99. The maximum atomic E-state index is 13.3. The van der Waals surface area contributed by atoms with E-state index >= 15 is 0 Å². The van der Waals surface area contributed by atoms with Gasteiger partial charge in [0.05, 0.1) is 33.8 Å². The summed E-state index contributed by atoms with van der Waals surface area (Å²) < 4.78 is 25.6. The number of hydrogen-bond acceptors (Lipinski definition) is 6. The van der Waals surface area contributed by atoms with Crippen LogP contribution in [0.25, 0.3) is 16.6 Å². The lowest BCUT2D eigenvalue weighted by molar-refractivity contribution is -0.132. The van der Waals surface area contributed by atoms with Crippen LogP contribution in [0.2, 0.25) is 0 Å². The van der Waals surface area contributed by atoms with Crippen LogP contribution in [0.1, 0.15) is 26.7 Å². The van der Waals surface area contributed by atoms with Gasteiger partial charge in [-0.2, -0.15) is 0 Å². The molecule has 7 nitrogen and oxygen atoms in total. The molecule has 2 atom stereocenters. The number of carbonyl (C=O) groups excluding carboxylic acids is 1. The van der Waals surface area contributed by atoms with Crippen LogP contribution in [0.4, 0.5) is 0 Å². The summed E-state index contributed by atoms with van der Waals surface area (Å²) in [6.07, 6.45) is 1.20. The Morgan fingerprint density at radius 3 is 2.55 bits per heavy atom. The van der Waals surface area contributed by atoms with E-state index in [4.69, 9.17) is 0 Å². The maximum absolute atomic E-state index is 13.3. The van der Waals surface area contributed by atoms with Gasteiger partial charge in [-0.25, -0.2) is 13.4 Å². The van der Waals surface area contributed by atoms with Gasteiger partial charge >= 0.3 is 0 Å². The average molecular weight is 486 g/mol. The number of amides is 1. The zero-order valence-electron chi connectivity index (χ0n) is 18.7. The molecule has 0 bridgehead atoms. The number of para-hydroxylation sites is 2. The summed E-state index contributed by atoms with van der Waals surface area (Å²) in [5.41, 5.74) is 1.06. The van der Waals surface area contributed by atoms with Gasteiger partial charge < -0.3 is 4.90 Å². The van der Waals surface area contributed by atoms with Crippen molar-refractivity contribution in [3.63, 3.8) is 0 Å². The molecule has 0 spiro atoms. The lowest BCUT2D eigenvalue weighted by Gasteiger charge is -2.33. The molecule has 1 amide bonds. The largest absolute Gasteiger partial charge is 0.335 e. The van der Waals surface area contributed by atoms with Gasteiger partial charge in [0.25, 0.3) is 5.56 Å². The van der Waals surface area contributed by atoms with Crippen molar-refractivity contribution in [3.8, 4) is 5.69 Å². The van der Waals surface area contributed by atoms with E-state index in [0.29, 0.717) is 28.2 Å². The van der Waals surface area contributed by atoms with Crippen LogP contribution in [0, 0.1) is 0 Å². The zero-order chi connectivity index (χ0) is 23.6. The molecule has 1 aliphatic rings. The minimum Gasteiger partial charge on any atom is -0.335 e. The predicted molar refractivity (Wildman–Crippen MR) is 132 cm³/mol. The van der Waals surface area contributed by atoms with Crippen molar-refractivity contribution in [1.82, 2.24) is 14.5 Å². The first-order valence-electron chi connectivity index (χ1n) is 11.0. The standard InChI is InChI=1S/C24H27N3O4S2/c1-3-17(2)26(19-13-14-33(30,31)16-19)22(28)15-32-24-25-21-12-8-7-11-20(21)23(29)27(24)18-9-5-4-6-10-18/h4-12,17,19H,3,13-16H2,1-2H3/t17-,19-/m0/s1. The predicted octanol–water partition coefficient (Wildman–Crippen LogP) is 3.29. The van der Waals surface area contributed by atoms with Gasteiger partial charge in [0.2, 0.25) is 5.91 Å². The fraction of sp³-hybridized carbons (Fsp3) is 0.375. The van der Waals surface area contributed by atoms with Crippen molar-refractivity contribution >= 4 is 38.4 Å². The molecule has 4 rings (SSSR count). The number of fused-ring (bicyclic) bond motifs is 1. The molecule has 0 radical (unpaired) electrons. The van der Waals surface area contributed by atoms with Crippen molar-refractivity contribution in [3.05, 3.63) is 65.0 Å². The molecule has 1 aliphatic heterocycles. The lowest BCUT2D eigenvalue weighted by atomic mass is 10.1. The van der Waals surface area contributed by atoms with Gasteiger partial charge in [0.1, 0.15) is 0 Å². The molecule has 9 heteroatoms. The van der Waals surface area contributed by atoms with Crippen LogP contribution in [-0.4, -0.2) is 58.1 Å². The molecule has 33 heavy (non-hydrogen) atoms. The average Bonchev–Trinajstić information content (AvgIpc) is 3.17. The fourth-order valence-corrected chi connectivity index (χ4v) is 6.81. The number of benzene rings is 2. The van der Waals surface area contributed by atoms with E-state index in [1.807, 2.05) is 50.2 Å². The molecule has 2 aromatic carbocycles. The molecular weight excluding hydrogens is 458 g/mol. The molecule has 174 valence electrons. The van der Waals surface area contributed by atoms with Gasteiger partial charge in [0.15, 0.2) is 15.0 Å². The summed E-state index contributed by atoms with van der Waals surface area (Å²) in [4.78, 5) is 33.0. The molecule has 1 aromatic heterocycles. The van der Waals surface area contributed by atoms with Crippen molar-refractivity contribution in [2.45, 2.75) is 43.9 Å². The number of aromatic nitrogens is 2. The molecule has 1 fully saturated rings. The Kier molecular flexibility index (Phi) is 6.90. The second-order valence-electron chi connectivity index (χ2n) is 8.29. The fourth-order valence-electron chi connectivity index (χ4n) is 4.22. The third-order valence-electron chi connectivity index (χ3n) is 6.04. The van der Waals surface area contributed by atoms with Crippen LogP contribution < -0.4 is 5.56 Å². The second kappa shape index (κ2) is 9.69. The van der Waals surface area contributed by atoms with E-state index in [-0.39, 0.29) is 40.8 Å². The SMILES string of the molecule is CC[C@H](C)N(C(=O)CSc1nc2ccccc2c(=O)n1-c1ccccc1)[C@H]1CCS(=O)(=O)C1. The summed E-state index contributed by atoms with van der Waals surface area (Å²) in [5, 5.41) is 0.941. The first kappa shape index (κ1) is 23.5. The molecule has 0 saturated carbocycles. The molecule has 2 heterocycles. The van der Waals surface area contributed by atoms with E-state index < -0.39 is 9.84 Å². The van der Waals surface area contributed by atoms with E-state index in [0.717, 1.165) is 6.42 Å². The van der Waals surface area contributed by atoms with Crippen LogP contribution in [-0.2, 0) is 14.6 Å². The monoisotopic (exact) mass is 485 g/mol. The number of nitrogens with zero attached hydrogens (tertiary/aromatic N) is 3. The molecule has 0 unspecified atom stereocenters. The third kappa shape index (κ3) is 4.99. The van der Waals surface area contributed by atoms with Crippen LogP contribution in [0.5, 0.6) is 0 Å². The molecule has 3 aromatic rings. The normalized spacial score (nSPS) is 18.3. The smallest absolute Gasteiger partial charge is 0.266 e. The van der Waals surface area contributed by atoms with Crippen molar-refractivity contribution in [2.75, 3.05) is 17.3 Å². The minimum atomic E-state index is -3.11. The minimum absolute atomic E-state index is 0.0106. The van der Waals surface area contributed by atoms with Gasteiger partial charge in [0, 0.05) is 12.1 Å². The summed E-state index contributed by atoms with van der Waals surface area (Å²) in [5.74, 6) is 0.0541.